The molecule has 0 bridgehead atoms. The quantitative estimate of drug-likeness (QED) is 0.643. The lowest BCUT2D eigenvalue weighted by Crippen LogP contribution is -2.56. The van der Waals surface area contributed by atoms with Crippen LogP contribution in [0.2, 0.25) is 10.0 Å². The molecule has 0 atom stereocenters. The fourth-order valence-corrected chi connectivity index (χ4v) is 5.24. The van der Waals surface area contributed by atoms with Crippen LogP contribution in [0.5, 0.6) is 0 Å². The summed E-state index contributed by atoms with van der Waals surface area (Å²) in [5.74, 6) is 1.11. The Hall–Kier alpha value is -1.93. The van der Waals surface area contributed by atoms with Crippen LogP contribution in [0.1, 0.15) is 19.3 Å². The van der Waals surface area contributed by atoms with Crippen LogP contribution >= 0.6 is 23.2 Å². The summed E-state index contributed by atoms with van der Waals surface area (Å²) < 4.78 is 0. The van der Waals surface area contributed by atoms with Gasteiger partial charge in [0.25, 0.3) is 0 Å². The van der Waals surface area contributed by atoms with Gasteiger partial charge in [-0.15, -0.1) is 0 Å². The van der Waals surface area contributed by atoms with Gasteiger partial charge in [0, 0.05) is 64.0 Å². The lowest BCUT2D eigenvalue weighted by Gasteiger charge is -2.43. The van der Waals surface area contributed by atoms with Crippen LogP contribution in [0.15, 0.2) is 30.6 Å². The van der Waals surface area contributed by atoms with E-state index in [2.05, 4.69) is 24.7 Å². The number of amides is 1. The van der Waals surface area contributed by atoms with Gasteiger partial charge in [-0.2, -0.15) is 0 Å². The molecule has 1 aromatic heterocycles. The van der Waals surface area contributed by atoms with E-state index in [1.54, 1.807) is 18.5 Å². The third-order valence-corrected chi connectivity index (χ3v) is 8.00. The highest BCUT2D eigenvalue weighted by Gasteiger charge is 2.30. The van der Waals surface area contributed by atoms with E-state index in [1.165, 1.54) is 19.3 Å². The molecule has 1 aliphatic carbocycles. The number of carbonyl (C=O) groups is 1. The Morgan fingerprint density at radius 3 is 2.33 bits per heavy atom. The minimum atomic E-state index is 0.263. The van der Waals surface area contributed by atoms with Crippen LogP contribution in [0.25, 0.3) is 11.3 Å². The number of benzene rings is 1. The van der Waals surface area contributed by atoms with Gasteiger partial charge in [0.2, 0.25) is 5.91 Å². The van der Waals surface area contributed by atoms with E-state index in [0.29, 0.717) is 22.3 Å². The molecule has 3 fully saturated rings. The molecule has 3 heterocycles. The average Bonchev–Trinajstić information content (AvgIpc) is 2.81. The topological polar surface area (TPSA) is 55.8 Å². The molecule has 0 unspecified atom stereocenters. The van der Waals surface area contributed by atoms with Gasteiger partial charge in [-0.1, -0.05) is 41.8 Å². The number of hydrogen-bond donors (Lipinski definition) is 0. The molecule has 2 aliphatic heterocycles. The number of piperazine rings is 2. The first-order chi connectivity index (χ1) is 16.1. The van der Waals surface area contributed by atoms with Gasteiger partial charge < -0.3 is 9.80 Å². The lowest BCUT2D eigenvalue weighted by molar-refractivity contribution is -0.134. The summed E-state index contributed by atoms with van der Waals surface area (Å²) in [5, 5.41) is 0.995. The second kappa shape index (κ2) is 10.1. The van der Waals surface area contributed by atoms with Gasteiger partial charge >= 0.3 is 0 Å². The number of carbonyl (C=O) groups excluding carboxylic acids is 1. The van der Waals surface area contributed by atoms with Crippen molar-refractivity contribution >= 4 is 34.9 Å². The molecule has 1 aromatic carbocycles. The zero-order chi connectivity index (χ0) is 22.8. The summed E-state index contributed by atoms with van der Waals surface area (Å²) >= 11 is 12.4. The Bertz CT molecular complexity index is 967. The van der Waals surface area contributed by atoms with E-state index < -0.39 is 0 Å². The molecule has 2 aromatic rings. The number of hydrogen-bond acceptors (Lipinski definition) is 6. The normalized spacial score (nSPS) is 20.7. The fraction of sp³-hybridized carbons (Fsp3) is 0.542. The van der Waals surface area contributed by atoms with Crippen molar-refractivity contribution in [3.8, 4) is 11.3 Å². The minimum Gasteiger partial charge on any atom is -0.353 e. The van der Waals surface area contributed by atoms with E-state index >= 15 is 0 Å². The summed E-state index contributed by atoms with van der Waals surface area (Å²) in [6, 6.07) is 6.28. The second-order valence-corrected chi connectivity index (χ2v) is 9.91. The molecule has 2 saturated heterocycles. The molecule has 9 heteroatoms. The first-order valence-corrected chi connectivity index (χ1v) is 12.6. The largest absolute Gasteiger partial charge is 0.353 e. The highest BCUT2D eigenvalue weighted by atomic mass is 35.5. The second-order valence-electron chi connectivity index (χ2n) is 9.13. The van der Waals surface area contributed by atoms with E-state index in [9.17, 15) is 4.79 Å². The van der Waals surface area contributed by atoms with Crippen LogP contribution in [-0.4, -0.2) is 95.5 Å². The molecule has 7 nitrogen and oxygen atoms in total. The van der Waals surface area contributed by atoms with Crippen molar-refractivity contribution < 1.29 is 4.79 Å². The Morgan fingerprint density at radius 2 is 1.70 bits per heavy atom. The van der Waals surface area contributed by atoms with Crippen molar-refractivity contribution in [2.24, 2.45) is 0 Å². The predicted octanol–water partition coefficient (Wildman–Crippen LogP) is 3.27. The Kier molecular flexibility index (Phi) is 7.02. The zero-order valence-corrected chi connectivity index (χ0v) is 20.3. The maximum Gasteiger partial charge on any atom is 0.236 e. The van der Waals surface area contributed by atoms with Gasteiger partial charge in [-0.05, 0) is 18.9 Å². The molecule has 0 radical (unpaired) electrons. The number of halogens is 2. The molecule has 1 saturated carbocycles. The van der Waals surface area contributed by atoms with Crippen molar-refractivity contribution in [3.63, 3.8) is 0 Å². The van der Waals surface area contributed by atoms with Gasteiger partial charge in [-0.3, -0.25) is 19.6 Å². The molecule has 0 N–H and O–H groups in total. The molecule has 176 valence electrons. The van der Waals surface area contributed by atoms with Crippen LogP contribution in [0.4, 0.5) is 5.82 Å². The minimum absolute atomic E-state index is 0.263. The Labute approximate surface area is 205 Å². The summed E-state index contributed by atoms with van der Waals surface area (Å²) in [5.41, 5.74) is 1.48. The highest BCUT2D eigenvalue weighted by molar-refractivity contribution is 6.43. The van der Waals surface area contributed by atoms with E-state index in [-0.39, 0.29) is 5.91 Å². The Balaban J connectivity index is 1.10. The van der Waals surface area contributed by atoms with Crippen molar-refractivity contribution in [3.05, 3.63) is 40.6 Å². The molecule has 5 rings (SSSR count). The molecule has 0 spiro atoms. The molecular weight excluding hydrogens is 459 g/mol. The van der Waals surface area contributed by atoms with Crippen molar-refractivity contribution in [1.29, 1.82) is 0 Å². The van der Waals surface area contributed by atoms with E-state index in [1.807, 2.05) is 17.0 Å². The molecular formula is C24H30Cl2N6O. The first kappa shape index (κ1) is 22.8. The average molecular weight is 489 g/mol. The summed E-state index contributed by atoms with van der Waals surface area (Å²) in [7, 11) is 0. The van der Waals surface area contributed by atoms with Crippen LogP contribution < -0.4 is 4.90 Å². The number of aromatic nitrogens is 2. The molecule has 33 heavy (non-hydrogen) atoms. The van der Waals surface area contributed by atoms with Crippen LogP contribution in [0, 0.1) is 0 Å². The van der Waals surface area contributed by atoms with E-state index in [0.717, 1.165) is 69.8 Å². The lowest BCUT2D eigenvalue weighted by atomic mass is 9.91. The summed E-state index contributed by atoms with van der Waals surface area (Å²) in [6.07, 6.45) is 7.56. The van der Waals surface area contributed by atoms with Crippen LogP contribution in [0.3, 0.4) is 0 Å². The number of nitrogens with zero attached hydrogens (tertiary/aromatic N) is 6. The van der Waals surface area contributed by atoms with Crippen molar-refractivity contribution in [1.82, 2.24) is 24.7 Å². The van der Waals surface area contributed by atoms with Gasteiger partial charge in [-0.25, -0.2) is 4.98 Å². The van der Waals surface area contributed by atoms with Gasteiger partial charge in [0.1, 0.15) is 5.82 Å². The van der Waals surface area contributed by atoms with Crippen molar-refractivity contribution in [2.75, 3.05) is 63.8 Å². The maximum absolute atomic E-state index is 12.8. The smallest absolute Gasteiger partial charge is 0.236 e. The number of anilines is 1. The predicted molar refractivity (Wildman–Crippen MR) is 132 cm³/mol. The maximum atomic E-state index is 12.8. The van der Waals surface area contributed by atoms with Crippen molar-refractivity contribution in [2.45, 2.75) is 25.3 Å². The third kappa shape index (κ3) is 5.11. The SMILES string of the molecule is O=C(CN1CCN(c2cnc(-c3cccc(Cl)c3Cl)cn2)CC1)N1CCN(C2CCC2)CC1. The third-order valence-electron chi connectivity index (χ3n) is 7.18. The summed E-state index contributed by atoms with van der Waals surface area (Å²) in [4.78, 5) is 31.1. The highest BCUT2D eigenvalue weighted by Crippen LogP contribution is 2.32. The molecule has 1 amide bonds. The number of rotatable bonds is 5. The Morgan fingerprint density at radius 1 is 0.939 bits per heavy atom. The fourth-order valence-electron chi connectivity index (χ4n) is 4.84. The van der Waals surface area contributed by atoms with Crippen LogP contribution in [-0.2, 0) is 4.79 Å². The monoisotopic (exact) mass is 488 g/mol. The standard InChI is InChI=1S/C24H30Cl2N6O/c25-20-6-2-5-19(24(20)26)21-15-28-22(16-27-21)31-9-7-29(8-10-31)17-23(33)32-13-11-30(12-14-32)18-3-1-4-18/h2,5-6,15-16,18H,1,3-4,7-14,17H2. The summed E-state index contributed by atoms with van der Waals surface area (Å²) in [6.45, 7) is 7.65. The van der Waals surface area contributed by atoms with Gasteiger partial charge in [0.15, 0.2) is 0 Å². The first-order valence-electron chi connectivity index (χ1n) is 11.8. The van der Waals surface area contributed by atoms with Gasteiger partial charge in [0.05, 0.1) is 34.7 Å². The van der Waals surface area contributed by atoms with E-state index in [4.69, 9.17) is 23.2 Å². The zero-order valence-electron chi connectivity index (χ0n) is 18.8. The molecule has 3 aliphatic rings.